The molecule has 0 saturated heterocycles. The molecule has 1 aromatic rings. The molecule has 112 valence electrons. The van der Waals surface area contributed by atoms with E-state index in [-0.39, 0.29) is 5.92 Å². The number of hydrogen-bond donors (Lipinski definition) is 2. The van der Waals surface area contributed by atoms with Crippen LogP contribution in [0.2, 0.25) is 0 Å². The third kappa shape index (κ3) is 3.01. The first-order valence-electron chi connectivity index (χ1n) is 7.05. The number of para-hydroxylation sites is 1. The number of ether oxygens (including phenoxy) is 1. The van der Waals surface area contributed by atoms with E-state index in [0.717, 1.165) is 11.3 Å². The Balaban J connectivity index is 2.50. The molecule has 0 spiro atoms. The van der Waals surface area contributed by atoms with Crippen molar-refractivity contribution in [1.29, 1.82) is 5.26 Å². The molecule has 2 unspecified atom stereocenters. The topological polar surface area (TPSA) is 77.6 Å². The Labute approximate surface area is 125 Å². The molecular weight excluding hydrogens is 266 g/mol. The van der Waals surface area contributed by atoms with Gasteiger partial charge in [0.25, 0.3) is 0 Å². The highest BCUT2D eigenvalue weighted by Gasteiger charge is 2.43. The summed E-state index contributed by atoms with van der Waals surface area (Å²) in [6.45, 7) is 7.57. The number of benzene rings is 1. The van der Waals surface area contributed by atoms with Gasteiger partial charge in [0, 0.05) is 11.5 Å². The van der Waals surface area contributed by atoms with Crippen molar-refractivity contribution < 1.29 is 9.84 Å². The van der Waals surface area contributed by atoms with E-state index in [1.54, 1.807) is 0 Å². The number of aliphatic hydroxyl groups excluding tert-OH is 1. The fraction of sp³-hybridized carbons (Fsp3) is 0.500. The number of nitrogens with zero attached hydrogens (tertiary/aromatic N) is 2. The molecule has 0 aliphatic carbocycles. The Morgan fingerprint density at radius 2 is 2.10 bits per heavy atom. The van der Waals surface area contributed by atoms with Gasteiger partial charge in [-0.15, -0.1) is 0 Å². The molecule has 1 heterocycles. The molecule has 0 bridgehead atoms. The van der Waals surface area contributed by atoms with Crippen molar-refractivity contribution in [3.63, 3.8) is 0 Å². The predicted octanol–water partition coefficient (Wildman–Crippen LogP) is 2.38. The number of aliphatic hydroxyl groups is 1. The zero-order chi connectivity index (χ0) is 15.6. The number of fused-ring (bicyclic) bond motifs is 1. The van der Waals surface area contributed by atoms with E-state index < -0.39 is 17.7 Å². The lowest BCUT2D eigenvalue weighted by atomic mass is 9.87. The summed E-state index contributed by atoms with van der Waals surface area (Å²) < 4.78 is 5.86. The molecule has 0 radical (unpaired) electrons. The summed E-state index contributed by atoms with van der Waals surface area (Å²) in [6.07, 6.45) is 1.11. The van der Waals surface area contributed by atoms with E-state index in [2.05, 4.69) is 10.3 Å². The lowest BCUT2D eigenvalue weighted by Gasteiger charge is -2.40. The number of nitriles is 1. The van der Waals surface area contributed by atoms with Crippen LogP contribution in [0.5, 0.6) is 5.75 Å². The molecule has 2 atom stereocenters. The van der Waals surface area contributed by atoms with Gasteiger partial charge < -0.3 is 9.84 Å². The minimum absolute atomic E-state index is 0.0648. The van der Waals surface area contributed by atoms with Crippen molar-refractivity contribution in [2.45, 2.75) is 45.4 Å². The second-order valence-corrected chi connectivity index (χ2v) is 6.04. The highest BCUT2D eigenvalue weighted by molar-refractivity contribution is 5.85. The summed E-state index contributed by atoms with van der Waals surface area (Å²) >= 11 is 0. The van der Waals surface area contributed by atoms with Gasteiger partial charge in [0.1, 0.15) is 29.3 Å². The second-order valence-electron chi connectivity index (χ2n) is 6.04. The van der Waals surface area contributed by atoms with Gasteiger partial charge in [-0.05, 0) is 19.9 Å². The van der Waals surface area contributed by atoms with E-state index in [1.807, 2.05) is 58.2 Å². The van der Waals surface area contributed by atoms with Crippen LogP contribution in [0.25, 0.3) is 0 Å². The molecule has 21 heavy (non-hydrogen) atoms. The van der Waals surface area contributed by atoms with Crippen LogP contribution in [0.1, 0.15) is 39.3 Å². The number of rotatable bonds is 2. The maximum atomic E-state index is 10.6. The fourth-order valence-corrected chi connectivity index (χ4v) is 2.38. The fourth-order valence-electron chi connectivity index (χ4n) is 2.38. The SMILES string of the molecule is CC(C)C(=NC1c2ccccc2OC(C)(C)C1O)NC#N. The largest absolute Gasteiger partial charge is 0.485 e. The standard InChI is InChI=1S/C16H21N3O2/c1-10(2)15(18-9-17)19-13-11-7-5-6-8-12(11)21-16(3,4)14(13)20/h5-8,10,13-14,20H,1-4H3,(H,18,19). The molecule has 5 heteroatoms. The van der Waals surface area contributed by atoms with Crippen LogP contribution < -0.4 is 10.1 Å². The normalized spacial score (nSPS) is 24.0. The van der Waals surface area contributed by atoms with Crippen LogP contribution in [-0.2, 0) is 0 Å². The first-order chi connectivity index (χ1) is 9.86. The minimum atomic E-state index is -0.790. The summed E-state index contributed by atoms with van der Waals surface area (Å²) in [7, 11) is 0. The van der Waals surface area contributed by atoms with Crippen LogP contribution in [0.4, 0.5) is 0 Å². The van der Waals surface area contributed by atoms with Crippen LogP contribution in [-0.4, -0.2) is 22.6 Å². The number of aliphatic imine (C=N–C) groups is 1. The molecule has 0 fully saturated rings. The number of hydrogen-bond acceptors (Lipinski definition) is 4. The van der Waals surface area contributed by atoms with Gasteiger partial charge in [-0.2, -0.15) is 5.26 Å². The molecule has 0 amide bonds. The zero-order valence-electron chi connectivity index (χ0n) is 12.8. The lowest BCUT2D eigenvalue weighted by Crippen LogP contribution is -2.48. The van der Waals surface area contributed by atoms with Gasteiger partial charge >= 0.3 is 0 Å². The van der Waals surface area contributed by atoms with Crippen molar-refractivity contribution in [3.05, 3.63) is 29.8 Å². The van der Waals surface area contributed by atoms with Gasteiger partial charge in [-0.1, -0.05) is 32.0 Å². The quantitative estimate of drug-likeness (QED) is 0.379. The van der Waals surface area contributed by atoms with Gasteiger partial charge in [0.2, 0.25) is 0 Å². The van der Waals surface area contributed by atoms with Crippen molar-refractivity contribution in [3.8, 4) is 11.9 Å². The highest BCUT2D eigenvalue weighted by Crippen LogP contribution is 2.41. The molecule has 0 saturated carbocycles. The summed E-state index contributed by atoms with van der Waals surface area (Å²) in [5.74, 6) is 1.35. The summed E-state index contributed by atoms with van der Waals surface area (Å²) in [4.78, 5) is 4.60. The van der Waals surface area contributed by atoms with Crippen molar-refractivity contribution in [2.75, 3.05) is 0 Å². The van der Waals surface area contributed by atoms with E-state index in [4.69, 9.17) is 10.00 Å². The maximum absolute atomic E-state index is 10.6. The second kappa shape index (κ2) is 5.74. The Hall–Kier alpha value is -2.06. The smallest absolute Gasteiger partial charge is 0.182 e. The van der Waals surface area contributed by atoms with Gasteiger partial charge in [-0.25, -0.2) is 0 Å². The predicted molar refractivity (Wildman–Crippen MR) is 80.9 cm³/mol. The summed E-state index contributed by atoms with van der Waals surface area (Å²) in [5, 5.41) is 22.1. The maximum Gasteiger partial charge on any atom is 0.182 e. The van der Waals surface area contributed by atoms with Crippen LogP contribution in [0.3, 0.4) is 0 Å². The minimum Gasteiger partial charge on any atom is -0.485 e. The van der Waals surface area contributed by atoms with E-state index in [9.17, 15) is 5.11 Å². The molecule has 1 aliphatic rings. The molecule has 1 aromatic carbocycles. The van der Waals surface area contributed by atoms with Gasteiger partial charge in [-0.3, -0.25) is 10.3 Å². The lowest BCUT2D eigenvalue weighted by molar-refractivity contribution is -0.0567. The van der Waals surface area contributed by atoms with Crippen molar-refractivity contribution in [1.82, 2.24) is 5.32 Å². The van der Waals surface area contributed by atoms with E-state index in [1.165, 1.54) is 0 Å². The highest BCUT2D eigenvalue weighted by atomic mass is 16.5. The van der Waals surface area contributed by atoms with Crippen molar-refractivity contribution in [2.24, 2.45) is 10.9 Å². The average Bonchev–Trinajstić information content (AvgIpc) is 2.42. The molecule has 2 N–H and O–H groups in total. The zero-order valence-corrected chi connectivity index (χ0v) is 12.8. The third-order valence-corrected chi connectivity index (χ3v) is 3.63. The number of nitrogens with one attached hydrogen (secondary N) is 1. The van der Waals surface area contributed by atoms with Gasteiger partial charge in [0.05, 0.1) is 0 Å². The van der Waals surface area contributed by atoms with Gasteiger partial charge in [0.15, 0.2) is 6.19 Å². The number of amidine groups is 1. The van der Waals surface area contributed by atoms with Crippen LogP contribution in [0.15, 0.2) is 29.3 Å². The molecule has 2 rings (SSSR count). The van der Waals surface area contributed by atoms with Crippen molar-refractivity contribution >= 4 is 5.84 Å². The molecule has 5 nitrogen and oxygen atoms in total. The van der Waals surface area contributed by atoms with Crippen LogP contribution >= 0.6 is 0 Å². The Bertz CT molecular complexity index is 587. The first kappa shape index (κ1) is 15.3. The molecule has 1 aliphatic heterocycles. The molecular formula is C16H21N3O2. The molecule has 0 aromatic heterocycles. The monoisotopic (exact) mass is 287 g/mol. The Morgan fingerprint density at radius 3 is 2.71 bits per heavy atom. The Kier molecular flexibility index (Phi) is 4.19. The van der Waals surface area contributed by atoms with E-state index in [0.29, 0.717) is 5.84 Å². The Morgan fingerprint density at radius 1 is 1.43 bits per heavy atom. The van der Waals surface area contributed by atoms with Crippen LogP contribution in [0, 0.1) is 17.4 Å². The first-order valence-corrected chi connectivity index (χ1v) is 7.05. The summed E-state index contributed by atoms with van der Waals surface area (Å²) in [5.41, 5.74) is 0.0965. The van der Waals surface area contributed by atoms with E-state index >= 15 is 0 Å². The third-order valence-electron chi connectivity index (χ3n) is 3.63. The average molecular weight is 287 g/mol. The summed E-state index contributed by atoms with van der Waals surface area (Å²) in [6, 6.07) is 7.10.